The maximum Gasteiger partial charge on any atom is 0.339 e. The molecule has 0 saturated carbocycles. The van der Waals surface area contributed by atoms with E-state index in [1.165, 1.54) is 0 Å². The molecule has 0 aliphatic carbocycles. The molecule has 1 aliphatic rings. The van der Waals surface area contributed by atoms with E-state index in [2.05, 4.69) is 0 Å². The van der Waals surface area contributed by atoms with Crippen LogP contribution in [0.3, 0.4) is 0 Å². The van der Waals surface area contributed by atoms with Crippen LogP contribution in [0.5, 0.6) is 5.75 Å². The summed E-state index contributed by atoms with van der Waals surface area (Å²) in [4.78, 5) is 11.6. The van der Waals surface area contributed by atoms with Crippen LogP contribution in [0.4, 0.5) is 0 Å². The van der Waals surface area contributed by atoms with Gasteiger partial charge in [0.15, 0.2) is 6.10 Å². The van der Waals surface area contributed by atoms with E-state index in [1.54, 1.807) is 13.0 Å². The van der Waals surface area contributed by atoms with E-state index in [0.717, 1.165) is 18.4 Å². The maximum absolute atomic E-state index is 11.6. The number of aliphatic hydroxyl groups is 1. The highest BCUT2D eigenvalue weighted by atomic mass is 16.5. The van der Waals surface area contributed by atoms with Gasteiger partial charge in [0.05, 0.1) is 12.7 Å². The molecule has 1 aromatic carbocycles. The average Bonchev–Trinajstić information content (AvgIpc) is 2.37. The number of ether oxygens (including phenoxy) is 2. The first-order valence-corrected chi connectivity index (χ1v) is 6.26. The summed E-state index contributed by atoms with van der Waals surface area (Å²) in [6.45, 7) is 3.95. The summed E-state index contributed by atoms with van der Waals surface area (Å²) in [5.41, 5.74) is 1.53. The normalized spacial score (nSPS) is 19.6. The molecule has 1 aromatic rings. The fourth-order valence-electron chi connectivity index (χ4n) is 2.13. The van der Waals surface area contributed by atoms with Crippen LogP contribution in [0.1, 0.15) is 37.5 Å². The Morgan fingerprint density at radius 3 is 3.11 bits per heavy atom. The number of aliphatic hydroxyl groups excluding tert-OH is 1. The molecule has 4 heteroatoms. The van der Waals surface area contributed by atoms with Crippen molar-refractivity contribution in [1.82, 2.24) is 0 Å². The van der Waals surface area contributed by atoms with Gasteiger partial charge in [0.2, 0.25) is 0 Å². The lowest BCUT2D eigenvalue weighted by Crippen LogP contribution is -2.23. The van der Waals surface area contributed by atoms with Gasteiger partial charge in [-0.2, -0.15) is 0 Å². The molecule has 1 N–H and O–H groups in total. The summed E-state index contributed by atoms with van der Waals surface area (Å²) in [5.74, 6) is 0.00419. The standard InChI is InChI=1S/C14H18O4/c1-3-17-14(16)12(15)11-6-4-5-10-8-7-9(2)18-13(10)11/h4-6,9,12,15H,3,7-8H2,1-2H3. The highest BCUT2D eigenvalue weighted by Crippen LogP contribution is 2.35. The summed E-state index contributed by atoms with van der Waals surface area (Å²) in [6.07, 6.45) is 0.685. The molecule has 1 heterocycles. The number of aryl methyl sites for hydroxylation is 1. The number of benzene rings is 1. The molecule has 0 amide bonds. The van der Waals surface area contributed by atoms with E-state index in [1.807, 2.05) is 19.1 Å². The lowest BCUT2D eigenvalue weighted by atomic mass is 9.97. The molecule has 2 unspecified atom stereocenters. The fraction of sp³-hybridized carbons (Fsp3) is 0.500. The first-order chi connectivity index (χ1) is 8.63. The average molecular weight is 250 g/mol. The van der Waals surface area contributed by atoms with Gasteiger partial charge in [-0.1, -0.05) is 18.2 Å². The van der Waals surface area contributed by atoms with E-state index in [0.29, 0.717) is 11.3 Å². The van der Waals surface area contributed by atoms with Gasteiger partial charge in [0, 0.05) is 5.56 Å². The highest BCUT2D eigenvalue weighted by Gasteiger charge is 2.27. The van der Waals surface area contributed by atoms with Crippen LogP contribution in [0.2, 0.25) is 0 Å². The minimum atomic E-state index is -1.27. The van der Waals surface area contributed by atoms with Crippen LogP contribution in [0.15, 0.2) is 18.2 Å². The Labute approximate surface area is 107 Å². The van der Waals surface area contributed by atoms with E-state index < -0.39 is 12.1 Å². The minimum Gasteiger partial charge on any atom is -0.490 e. The van der Waals surface area contributed by atoms with Gasteiger partial charge >= 0.3 is 5.97 Å². The second-order valence-corrected chi connectivity index (χ2v) is 4.46. The number of fused-ring (bicyclic) bond motifs is 1. The molecule has 1 aliphatic heterocycles. The van der Waals surface area contributed by atoms with Crippen molar-refractivity contribution in [3.63, 3.8) is 0 Å². The molecule has 0 bridgehead atoms. The van der Waals surface area contributed by atoms with Crippen molar-refractivity contribution in [3.05, 3.63) is 29.3 Å². The Morgan fingerprint density at radius 2 is 2.39 bits per heavy atom. The van der Waals surface area contributed by atoms with E-state index >= 15 is 0 Å². The molecule has 0 saturated heterocycles. The molecule has 0 aromatic heterocycles. The SMILES string of the molecule is CCOC(=O)C(O)c1cccc2c1OC(C)CC2. The number of hydrogen-bond donors (Lipinski definition) is 1. The van der Waals surface area contributed by atoms with Crippen LogP contribution in [0, 0.1) is 0 Å². The number of carbonyl (C=O) groups is 1. The number of para-hydroxylation sites is 1. The minimum absolute atomic E-state index is 0.105. The van der Waals surface area contributed by atoms with Gasteiger partial charge in [-0.05, 0) is 32.3 Å². The summed E-state index contributed by atoms with van der Waals surface area (Å²) in [6, 6.07) is 5.50. The zero-order chi connectivity index (χ0) is 13.1. The zero-order valence-corrected chi connectivity index (χ0v) is 10.7. The largest absolute Gasteiger partial charge is 0.490 e. The zero-order valence-electron chi connectivity index (χ0n) is 10.7. The van der Waals surface area contributed by atoms with Gasteiger partial charge < -0.3 is 14.6 Å². The molecule has 98 valence electrons. The van der Waals surface area contributed by atoms with Crippen molar-refractivity contribution in [3.8, 4) is 5.75 Å². The lowest BCUT2D eigenvalue weighted by Gasteiger charge is -2.26. The highest BCUT2D eigenvalue weighted by molar-refractivity contribution is 5.77. The van der Waals surface area contributed by atoms with Gasteiger partial charge in [0.1, 0.15) is 5.75 Å². The van der Waals surface area contributed by atoms with Crippen molar-refractivity contribution in [2.24, 2.45) is 0 Å². The van der Waals surface area contributed by atoms with Crippen molar-refractivity contribution in [2.45, 2.75) is 38.9 Å². The van der Waals surface area contributed by atoms with Crippen molar-refractivity contribution in [2.75, 3.05) is 6.61 Å². The van der Waals surface area contributed by atoms with Gasteiger partial charge in [-0.3, -0.25) is 0 Å². The smallest absolute Gasteiger partial charge is 0.339 e. The Morgan fingerprint density at radius 1 is 1.61 bits per heavy atom. The number of carbonyl (C=O) groups excluding carboxylic acids is 1. The fourth-order valence-corrected chi connectivity index (χ4v) is 2.13. The van der Waals surface area contributed by atoms with Crippen LogP contribution in [0.25, 0.3) is 0 Å². The monoisotopic (exact) mass is 250 g/mol. The molecule has 0 fully saturated rings. The Balaban J connectivity index is 2.31. The van der Waals surface area contributed by atoms with E-state index in [4.69, 9.17) is 9.47 Å². The van der Waals surface area contributed by atoms with Gasteiger partial charge in [0.25, 0.3) is 0 Å². The van der Waals surface area contributed by atoms with E-state index in [-0.39, 0.29) is 12.7 Å². The van der Waals surface area contributed by atoms with Crippen LogP contribution < -0.4 is 4.74 Å². The predicted octanol–water partition coefficient (Wildman–Crippen LogP) is 2.00. The van der Waals surface area contributed by atoms with Gasteiger partial charge in [-0.15, -0.1) is 0 Å². The quantitative estimate of drug-likeness (QED) is 0.834. The lowest BCUT2D eigenvalue weighted by molar-refractivity contribution is -0.153. The molecular weight excluding hydrogens is 232 g/mol. The van der Waals surface area contributed by atoms with Crippen LogP contribution >= 0.6 is 0 Å². The third kappa shape index (κ3) is 2.48. The summed E-state index contributed by atoms with van der Waals surface area (Å²) in [5, 5.41) is 10.0. The van der Waals surface area contributed by atoms with Crippen molar-refractivity contribution < 1.29 is 19.4 Å². The molecular formula is C14H18O4. The van der Waals surface area contributed by atoms with Gasteiger partial charge in [-0.25, -0.2) is 4.79 Å². The van der Waals surface area contributed by atoms with Crippen LogP contribution in [-0.4, -0.2) is 23.8 Å². The summed E-state index contributed by atoms with van der Waals surface area (Å²) >= 11 is 0. The molecule has 2 rings (SSSR count). The summed E-state index contributed by atoms with van der Waals surface area (Å²) < 4.78 is 10.6. The third-order valence-corrected chi connectivity index (χ3v) is 3.07. The topological polar surface area (TPSA) is 55.8 Å². The second kappa shape index (κ2) is 5.40. The number of esters is 1. The molecule has 4 nitrogen and oxygen atoms in total. The Bertz CT molecular complexity index is 441. The molecule has 18 heavy (non-hydrogen) atoms. The molecule has 0 spiro atoms. The van der Waals surface area contributed by atoms with Crippen molar-refractivity contribution in [1.29, 1.82) is 0 Å². The number of rotatable bonds is 3. The Hall–Kier alpha value is -1.55. The van der Waals surface area contributed by atoms with Crippen molar-refractivity contribution >= 4 is 5.97 Å². The maximum atomic E-state index is 11.6. The number of hydrogen-bond acceptors (Lipinski definition) is 4. The Kier molecular flexibility index (Phi) is 3.87. The molecule has 2 atom stereocenters. The third-order valence-electron chi connectivity index (χ3n) is 3.07. The first kappa shape index (κ1) is 12.9. The first-order valence-electron chi connectivity index (χ1n) is 6.26. The van der Waals surface area contributed by atoms with E-state index in [9.17, 15) is 9.90 Å². The predicted molar refractivity (Wildman–Crippen MR) is 66.4 cm³/mol. The second-order valence-electron chi connectivity index (χ2n) is 4.46. The van der Waals surface area contributed by atoms with Crippen LogP contribution in [-0.2, 0) is 16.0 Å². The molecule has 0 radical (unpaired) electrons. The summed E-state index contributed by atoms with van der Waals surface area (Å²) in [7, 11) is 0.